The standard InChI is InChI=1S/C14H14Cl2N2O3S/c1-3-21-13(20)10-7(2)9-11(22-10)17-6-18(12(9)19)5-8-4-14(8,15)16/h6,8H,3-5H2,1-2H3. The van der Waals surface area contributed by atoms with Gasteiger partial charge in [0.05, 0.1) is 18.3 Å². The number of nitrogens with zero attached hydrogens (tertiary/aromatic N) is 2. The van der Waals surface area contributed by atoms with Gasteiger partial charge in [-0.15, -0.1) is 34.5 Å². The Morgan fingerprint density at radius 1 is 1.59 bits per heavy atom. The smallest absolute Gasteiger partial charge is 0.348 e. The summed E-state index contributed by atoms with van der Waals surface area (Å²) in [7, 11) is 0. The Bertz CT molecular complexity index is 812. The third-order valence-electron chi connectivity index (χ3n) is 3.75. The molecule has 1 saturated carbocycles. The van der Waals surface area contributed by atoms with Gasteiger partial charge in [-0.1, -0.05) is 0 Å². The first kappa shape index (κ1) is 15.8. The van der Waals surface area contributed by atoms with Crippen molar-refractivity contribution in [2.75, 3.05) is 6.61 Å². The summed E-state index contributed by atoms with van der Waals surface area (Å²) in [5, 5.41) is 0.464. The number of halogens is 2. The number of rotatable bonds is 4. The van der Waals surface area contributed by atoms with Gasteiger partial charge in [0.25, 0.3) is 5.56 Å². The summed E-state index contributed by atoms with van der Waals surface area (Å²) in [5.74, 6) is -0.368. The average molecular weight is 361 g/mol. The van der Waals surface area contributed by atoms with Gasteiger partial charge in [0.2, 0.25) is 0 Å². The van der Waals surface area contributed by atoms with Crippen LogP contribution in [-0.4, -0.2) is 26.5 Å². The minimum Gasteiger partial charge on any atom is -0.462 e. The first-order chi connectivity index (χ1) is 10.3. The minimum absolute atomic E-state index is 0.0521. The van der Waals surface area contributed by atoms with Gasteiger partial charge in [0.15, 0.2) is 0 Å². The van der Waals surface area contributed by atoms with Gasteiger partial charge < -0.3 is 4.74 Å². The van der Waals surface area contributed by atoms with E-state index in [1.165, 1.54) is 22.2 Å². The molecule has 0 spiro atoms. The van der Waals surface area contributed by atoms with Gasteiger partial charge in [0.1, 0.15) is 14.0 Å². The Kier molecular flexibility index (Phi) is 3.95. The van der Waals surface area contributed by atoms with E-state index in [1.54, 1.807) is 13.8 Å². The molecule has 118 valence electrons. The summed E-state index contributed by atoms with van der Waals surface area (Å²) in [4.78, 5) is 29.8. The Morgan fingerprint density at radius 3 is 2.86 bits per heavy atom. The lowest BCUT2D eigenvalue weighted by molar-refractivity contribution is 0.0531. The van der Waals surface area contributed by atoms with E-state index in [0.717, 1.165) is 0 Å². The highest BCUT2D eigenvalue weighted by atomic mass is 35.5. The summed E-state index contributed by atoms with van der Waals surface area (Å²) >= 11 is 13.2. The first-order valence-electron chi connectivity index (χ1n) is 6.88. The summed E-state index contributed by atoms with van der Waals surface area (Å²) in [6, 6.07) is 0. The number of carbonyl (C=O) groups excluding carboxylic acids is 1. The van der Waals surface area contributed by atoms with Crippen LogP contribution in [0, 0.1) is 12.8 Å². The van der Waals surface area contributed by atoms with E-state index in [0.29, 0.717) is 40.2 Å². The highest BCUT2D eigenvalue weighted by Crippen LogP contribution is 2.53. The van der Waals surface area contributed by atoms with E-state index in [-0.39, 0.29) is 11.5 Å². The predicted octanol–water partition coefficient (Wildman–Crippen LogP) is 3.14. The number of carbonyl (C=O) groups is 1. The molecule has 1 aliphatic rings. The van der Waals surface area contributed by atoms with Crippen LogP contribution in [0.1, 0.15) is 28.6 Å². The van der Waals surface area contributed by atoms with E-state index in [9.17, 15) is 9.59 Å². The van der Waals surface area contributed by atoms with E-state index in [1.807, 2.05) is 0 Å². The maximum Gasteiger partial charge on any atom is 0.348 e. The number of thiophene rings is 1. The van der Waals surface area contributed by atoms with Crippen LogP contribution in [0.15, 0.2) is 11.1 Å². The van der Waals surface area contributed by atoms with E-state index in [2.05, 4.69) is 4.98 Å². The molecule has 0 N–H and O–H groups in total. The number of aromatic nitrogens is 2. The molecule has 3 rings (SSSR count). The van der Waals surface area contributed by atoms with Crippen molar-refractivity contribution >= 4 is 50.7 Å². The normalized spacial score (nSPS) is 19.4. The Labute approximate surface area is 140 Å². The topological polar surface area (TPSA) is 61.2 Å². The average Bonchev–Trinajstić information content (AvgIpc) is 2.89. The highest BCUT2D eigenvalue weighted by Gasteiger charge is 2.51. The van der Waals surface area contributed by atoms with Crippen molar-refractivity contribution in [3.63, 3.8) is 0 Å². The van der Waals surface area contributed by atoms with Gasteiger partial charge in [-0.2, -0.15) is 0 Å². The zero-order chi connectivity index (χ0) is 16.1. The molecule has 0 saturated heterocycles. The molecule has 2 aromatic rings. The molecule has 0 aromatic carbocycles. The molecule has 1 fully saturated rings. The monoisotopic (exact) mass is 360 g/mol. The molecule has 0 bridgehead atoms. The number of fused-ring (bicyclic) bond motifs is 1. The van der Waals surface area contributed by atoms with Crippen LogP contribution in [0.3, 0.4) is 0 Å². The number of esters is 1. The second-order valence-electron chi connectivity index (χ2n) is 5.32. The molecule has 0 radical (unpaired) electrons. The molecule has 2 aromatic heterocycles. The summed E-state index contributed by atoms with van der Waals surface area (Å²) in [6.45, 7) is 4.20. The molecule has 0 amide bonds. The van der Waals surface area contributed by atoms with Gasteiger partial charge >= 0.3 is 5.97 Å². The summed E-state index contributed by atoms with van der Waals surface area (Å²) in [5.41, 5.74) is 0.439. The predicted molar refractivity (Wildman–Crippen MR) is 87.1 cm³/mol. The van der Waals surface area contributed by atoms with Crippen molar-refractivity contribution in [1.82, 2.24) is 9.55 Å². The maximum absolute atomic E-state index is 12.6. The van der Waals surface area contributed by atoms with E-state index in [4.69, 9.17) is 27.9 Å². The summed E-state index contributed by atoms with van der Waals surface area (Å²) < 4.78 is 5.78. The van der Waals surface area contributed by atoms with Crippen molar-refractivity contribution < 1.29 is 9.53 Å². The van der Waals surface area contributed by atoms with Crippen molar-refractivity contribution in [1.29, 1.82) is 0 Å². The van der Waals surface area contributed by atoms with Crippen LogP contribution in [-0.2, 0) is 11.3 Å². The Balaban J connectivity index is 2.02. The third kappa shape index (κ3) is 2.64. The SMILES string of the molecule is CCOC(=O)c1sc2ncn(CC3CC3(Cl)Cl)c(=O)c2c1C. The van der Waals surface area contributed by atoms with Gasteiger partial charge in [-0.25, -0.2) is 9.78 Å². The van der Waals surface area contributed by atoms with E-state index >= 15 is 0 Å². The van der Waals surface area contributed by atoms with Crippen LogP contribution in [0.25, 0.3) is 10.2 Å². The minimum atomic E-state index is -0.742. The van der Waals surface area contributed by atoms with Crippen molar-refractivity contribution in [3.8, 4) is 0 Å². The second kappa shape index (κ2) is 5.51. The molecular formula is C14H14Cl2N2O3S. The van der Waals surface area contributed by atoms with Crippen LogP contribution >= 0.6 is 34.5 Å². The van der Waals surface area contributed by atoms with Crippen LogP contribution < -0.4 is 5.56 Å². The highest BCUT2D eigenvalue weighted by molar-refractivity contribution is 7.20. The number of hydrogen-bond acceptors (Lipinski definition) is 5. The fourth-order valence-electron chi connectivity index (χ4n) is 2.39. The number of ether oxygens (including phenoxy) is 1. The Hall–Kier alpha value is -1.11. The fourth-order valence-corrected chi connectivity index (χ4v) is 3.93. The molecular weight excluding hydrogens is 347 g/mol. The van der Waals surface area contributed by atoms with Gasteiger partial charge in [0, 0.05) is 12.5 Å². The molecule has 1 aliphatic carbocycles. The molecule has 8 heteroatoms. The molecule has 2 heterocycles. The molecule has 22 heavy (non-hydrogen) atoms. The third-order valence-corrected chi connectivity index (χ3v) is 5.86. The fraction of sp³-hybridized carbons (Fsp3) is 0.500. The first-order valence-corrected chi connectivity index (χ1v) is 8.46. The quantitative estimate of drug-likeness (QED) is 0.620. The second-order valence-corrected chi connectivity index (χ2v) is 7.86. The van der Waals surface area contributed by atoms with E-state index < -0.39 is 10.3 Å². The van der Waals surface area contributed by atoms with Crippen molar-refractivity contribution in [2.24, 2.45) is 5.92 Å². The van der Waals surface area contributed by atoms with Crippen LogP contribution in [0.5, 0.6) is 0 Å². The number of aryl methyl sites for hydroxylation is 1. The Morgan fingerprint density at radius 2 is 2.27 bits per heavy atom. The van der Waals surface area contributed by atoms with Crippen molar-refractivity contribution in [3.05, 3.63) is 27.1 Å². The molecule has 0 aliphatic heterocycles. The van der Waals surface area contributed by atoms with Gasteiger partial charge in [-0.05, 0) is 25.8 Å². The maximum atomic E-state index is 12.6. The lowest BCUT2D eigenvalue weighted by Crippen LogP contribution is -2.22. The zero-order valence-corrected chi connectivity index (χ0v) is 14.4. The largest absolute Gasteiger partial charge is 0.462 e. The zero-order valence-electron chi connectivity index (χ0n) is 12.1. The van der Waals surface area contributed by atoms with Crippen LogP contribution in [0.2, 0.25) is 0 Å². The van der Waals surface area contributed by atoms with Gasteiger partial charge in [-0.3, -0.25) is 9.36 Å². The van der Waals surface area contributed by atoms with Crippen LogP contribution in [0.4, 0.5) is 0 Å². The summed E-state index contributed by atoms with van der Waals surface area (Å²) in [6.07, 6.45) is 2.15. The van der Waals surface area contributed by atoms with Crippen molar-refractivity contribution in [2.45, 2.75) is 31.1 Å². The lowest BCUT2D eigenvalue weighted by Gasteiger charge is -2.05. The number of hydrogen-bond donors (Lipinski definition) is 0. The molecule has 1 atom stereocenters. The number of alkyl halides is 2. The lowest BCUT2D eigenvalue weighted by atomic mass is 10.2. The molecule has 5 nitrogen and oxygen atoms in total. The molecule has 1 unspecified atom stereocenters.